The number of carbonyl (C=O) groups excluding carboxylic acids is 1. The van der Waals surface area contributed by atoms with Gasteiger partial charge >= 0.3 is 0 Å². The maximum absolute atomic E-state index is 13.9. The first-order valence-electron chi connectivity index (χ1n) is 17.7. The van der Waals surface area contributed by atoms with Gasteiger partial charge in [-0.05, 0) is 108 Å². The van der Waals surface area contributed by atoms with Crippen LogP contribution in [0.5, 0.6) is 11.5 Å². The molecule has 1 N–H and O–H groups in total. The number of phenols is 1. The van der Waals surface area contributed by atoms with E-state index in [1.165, 1.54) is 12.1 Å². The maximum atomic E-state index is 13.9. The number of anilines is 1. The normalized spacial score (nSPS) is 17.7. The molecule has 4 aromatic carbocycles. The molecule has 0 aliphatic carbocycles. The summed E-state index contributed by atoms with van der Waals surface area (Å²) < 4.78 is 27.3. The van der Waals surface area contributed by atoms with Gasteiger partial charge in [-0.1, -0.05) is 96.1 Å². The van der Waals surface area contributed by atoms with Crippen molar-refractivity contribution < 1.29 is 23.1 Å². The number of hydrogen-bond donors (Lipinski definition) is 1. The van der Waals surface area contributed by atoms with Crippen molar-refractivity contribution in [3.8, 4) is 22.6 Å². The summed E-state index contributed by atoms with van der Waals surface area (Å²) in [6.45, 7) is 22.2. The van der Waals surface area contributed by atoms with E-state index in [2.05, 4.69) is 67.7 Å². The molecule has 1 saturated heterocycles. The van der Waals surface area contributed by atoms with E-state index < -0.39 is 16.6 Å². The van der Waals surface area contributed by atoms with Crippen molar-refractivity contribution in [3.63, 3.8) is 0 Å². The Balaban J connectivity index is 1.42. The van der Waals surface area contributed by atoms with E-state index in [1.54, 1.807) is 23.1 Å². The van der Waals surface area contributed by atoms with Crippen LogP contribution >= 0.6 is 0 Å². The highest BCUT2D eigenvalue weighted by molar-refractivity contribution is 6.75. The van der Waals surface area contributed by atoms with Gasteiger partial charge < -0.3 is 18.9 Å². The Bertz CT molecular complexity index is 1780. The van der Waals surface area contributed by atoms with E-state index in [9.17, 15) is 14.3 Å². The van der Waals surface area contributed by atoms with Gasteiger partial charge in [0, 0.05) is 11.3 Å². The highest BCUT2D eigenvalue weighted by Gasteiger charge is 2.50. The number of amides is 1. The van der Waals surface area contributed by atoms with Crippen molar-refractivity contribution >= 4 is 28.2 Å². The molecule has 0 unspecified atom stereocenters. The topological polar surface area (TPSA) is 59.0 Å². The molecule has 5 nitrogen and oxygen atoms in total. The number of halogens is 1. The fraction of sp³-hybridized carbons (Fsp3) is 0.405. The summed E-state index contributed by atoms with van der Waals surface area (Å²) in [6, 6.07) is 29.7. The average Bonchev–Trinajstić information content (AvgIpc) is 3.03. The Labute approximate surface area is 300 Å². The third kappa shape index (κ3) is 7.93. The lowest BCUT2D eigenvalue weighted by molar-refractivity contribution is -0.131. The lowest BCUT2D eigenvalue weighted by Crippen LogP contribution is -2.55. The van der Waals surface area contributed by atoms with Crippen molar-refractivity contribution in [1.29, 1.82) is 0 Å². The van der Waals surface area contributed by atoms with Gasteiger partial charge in [0.05, 0.1) is 18.1 Å². The zero-order valence-electron chi connectivity index (χ0n) is 31.4. The summed E-state index contributed by atoms with van der Waals surface area (Å²) in [7, 11) is -4.16. The Morgan fingerprint density at radius 2 is 1.36 bits per heavy atom. The minimum absolute atomic E-state index is 0.0180. The van der Waals surface area contributed by atoms with Gasteiger partial charge in [0.15, 0.2) is 8.32 Å². The predicted octanol–water partition coefficient (Wildman–Crippen LogP) is 11.8. The van der Waals surface area contributed by atoms with E-state index in [4.69, 9.17) is 8.85 Å². The Morgan fingerprint density at radius 1 is 0.780 bits per heavy atom. The molecule has 1 aliphatic rings. The fourth-order valence-electron chi connectivity index (χ4n) is 6.03. The fourth-order valence-corrected chi connectivity index (χ4v) is 8.38. The van der Waals surface area contributed by atoms with Gasteiger partial charge in [0.25, 0.3) is 0 Å². The molecule has 1 fully saturated rings. The van der Waals surface area contributed by atoms with Gasteiger partial charge in [-0.15, -0.1) is 0 Å². The number of phenolic OH excluding ortho intramolecular Hbond substituents is 1. The molecule has 1 amide bonds. The molecule has 5 rings (SSSR count). The third-order valence-electron chi connectivity index (χ3n) is 11.2. The van der Waals surface area contributed by atoms with Crippen molar-refractivity contribution in [1.82, 2.24) is 0 Å². The molecule has 0 saturated carbocycles. The number of aromatic hydroxyl groups is 1. The summed E-state index contributed by atoms with van der Waals surface area (Å²) in [5.41, 5.74) is 4.28. The minimum atomic E-state index is -2.20. The Morgan fingerprint density at radius 3 is 1.92 bits per heavy atom. The first kappa shape index (κ1) is 37.5. The first-order chi connectivity index (χ1) is 23.3. The second-order valence-corrected chi connectivity index (χ2v) is 26.2. The van der Waals surface area contributed by atoms with Crippen LogP contribution in [0.3, 0.4) is 0 Å². The monoisotopic (exact) mass is 711 g/mol. The Kier molecular flexibility index (Phi) is 10.6. The number of hydrogen-bond acceptors (Lipinski definition) is 4. The van der Waals surface area contributed by atoms with Gasteiger partial charge in [0.2, 0.25) is 14.2 Å². The molecule has 50 heavy (non-hydrogen) atoms. The molecule has 0 spiro atoms. The second kappa shape index (κ2) is 14.1. The minimum Gasteiger partial charge on any atom is -0.544 e. The summed E-state index contributed by atoms with van der Waals surface area (Å²) in [5.74, 6) is 0.380. The Hall–Kier alpha value is -3.73. The van der Waals surface area contributed by atoms with Crippen LogP contribution in [0.1, 0.15) is 77.7 Å². The number of nitrogens with zero attached hydrogens (tertiary/aromatic N) is 1. The highest BCUT2D eigenvalue weighted by Crippen LogP contribution is 2.50. The molecule has 1 aliphatic heterocycles. The van der Waals surface area contributed by atoms with Crippen LogP contribution in [0.2, 0.25) is 36.3 Å². The van der Waals surface area contributed by atoms with Crippen molar-refractivity contribution in [3.05, 3.63) is 114 Å². The van der Waals surface area contributed by atoms with Crippen LogP contribution in [0.15, 0.2) is 97.1 Å². The van der Waals surface area contributed by atoms with E-state index in [-0.39, 0.29) is 45.6 Å². The van der Waals surface area contributed by atoms with E-state index in [0.717, 1.165) is 28.1 Å². The van der Waals surface area contributed by atoms with Crippen LogP contribution in [0.4, 0.5) is 10.1 Å². The lowest BCUT2D eigenvalue weighted by Gasteiger charge is -2.48. The average molecular weight is 712 g/mol. The third-order valence-corrected chi connectivity index (χ3v) is 20.0. The summed E-state index contributed by atoms with van der Waals surface area (Å²) in [6.07, 6.45) is 0.867. The SMILES string of the molecule is CC(C)(C)[Si](C)(C)Oc1ccc(-c2ccc([C@@H]3[C@@H](CC[C@H](O[Si](C)(C)C(C)(C)C)c4ccc(F)cc4)C(=O)N3c3ccccc3)c(O)c2)cc1. The van der Waals surface area contributed by atoms with Crippen molar-refractivity contribution in [2.75, 3.05) is 4.90 Å². The van der Waals surface area contributed by atoms with Crippen LogP contribution in [0.25, 0.3) is 11.1 Å². The van der Waals surface area contributed by atoms with Crippen LogP contribution in [0, 0.1) is 11.7 Å². The lowest BCUT2D eigenvalue weighted by atomic mass is 9.77. The molecule has 0 bridgehead atoms. The molecular formula is C42H54FNO4Si2. The van der Waals surface area contributed by atoms with Crippen LogP contribution in [-0.4, -0.2) is 27.6 Å². The molecule has 0 aromatic heterocycles. The molecular weight excluding hydrogens is 658 g/mol. The molecule has 3 atom stereocenters. The van der Waals surface area contributed by atoms with E-state index in [1.807, 2.05) is 66.7 Å². The van der Waals surface area contributed by atoms with Gasteiger partial charge in [-0.3, -0.25) is 4.79 Å². The van der Waals surface area contributed by atoms with E-state index >= 15 is 0 Å². The van der Waals surface area contributed by atoms with Gasteiger partial charge in [-0.25, -0.2) is 4.39 Å². The number of carbonyl (C=O) groups is 1. The quantitative estimate of drug-likeness (QED) is 0.124. The number of β-lactam (4-membered cyclic amide) rings is 1. The zero-order valence-corrected chi connectivity index (χ0v) is 33.4. The predicted molar refractivity (Wildman–Crippen MR) is 208 cm³/mol. The molecule has 4 aromatic rings. The van der Waals surface area contributed by atoms with Crippen LogP contribution < -0.4 is 9.33 Å². The van der Waals surface area contributed by atoms with Gasteiger partial charge in [-0.2, -0.15) is 0 Å². The van der Waals surface area contributed by atoms with Crippen molar-refractivity contribution in [2.24, 2.45) is 5.92 Å². The zero-order chi connectivity index (χ0) is 36.6. The van der Waals surface area contributed by atoms with Crippen molar-refractivity contribution in [2.45, 2.75) is 103 Å². The summed E-state index contributed by atoms with van der Waals surface area (Å²) in [4.78, 5) is 15.7. The first-order valence-corrected chi connectivity index (χ1v) is 23.5. The van der Waals surface area contributed by atoms with E-state index in [0.29, 0.717) is 18.4 Å². The smallest absolute Gasteiger partial charge is 0.250 e. The summed E-state index contributed by atoms with van der Waals surface area (Å²) >= 11 is 0. The maximum Gasteiger partial charge on any atom is 0.250 e. The number of benzene rings is 4. The molecule has 8 heteroatoms. The van der Waals surface area contributed by atoms with Crippen LogP contribution in [-0.2, 0) is 9.22 Å². The highest BCUT2D eigenvalue weighted by atomic mass is 28.4. The molecule has 0 radical (unpaired) electrons. The standard InChI is InChI=1S/C42H54FNO4Si2/c1-41(2,3)49(7,8)47-34-23-18-29(19-24-34)31-20-25-35(37(45)28-31)39-36(40(46)44(39)33-14-12-11-13-15-33)26-27-38(30-16-21-32(43)22-17-30)48-50(9,10)42(4,5)6/h11-25,28,36,38-39,45H,26-27H2,1-10H3/t36-,38+,39-/m1/s1. The number of para-hydroxylation sites is 1. The largest absolute Gasteiger partial charge is 0.544 e. The summed E-state index contributed by atoms with van der Waals surface area (Å²) in [5, 5.41) is 11.6. The number of rotatable bonds is 11. The molecule has 1 heterocycles. The van der Waals surface area contributed by atoms with Gasteiger partial charge in [0.1, 0.15) is 17.3 Å². The molecule has 266 valence electrons. The second-order valence-electron chi connectivity index (χ2n) is 16.8.